The molecular weight excluding hydrogens is 419 g/mol. The summed E-state index contributed by atoms with van der Waals surface area (Å²) in [6.07, 6.45) is 1.73. The van der Waals surface area contributed by atoms with E-state index in [1.807, 2.05) is 19.1 Å². The van der Waals surface area contributed by atoms with Crippen LogP contribution in [-0.4, -0.2) is 29.6 Å². The predicted molar refractivity (Wildman–Crippen MR) is 115 cm³/mol. The van der Waals surface area contributed by atoms with Crippen LogP contribution in [0.2, 0.25) is 10.0 Å². The number of hydrogen-bond donors (Lipinski definition) is 1. The Morgan fingerprint density at radius 2 is 1.93 bits per heavy atom. The Kier molecular flexibility index (Phi) is 6.44. The van der Waals surface area contributed by atoms with E-state index in [2.05, 4.69) is 5.32 Å². The van der Waals surface area contributed by atoms with Crippen LogP contribution in [0.1, 0.15) is 18.1 Å². The number of thiocarbonyl (C=S) groups is 1. The molecule has 0 unspecified atom stereocenters. The van der Waals surface area contributed by atoms with Crippen molar-refractivity contribution in [1.29, 1.82) is 0 Å². The van der Waals surface area contributed by atoms with E-state index >= 15 is 0 Å². The summed E-state index contributed by atoms with van der Waals surface area (Å²) >= 11 is 17.1. The fraction of sp³-hybridized carbons (Fsp3) is 0.200. The summed E-state index contributed by atoms with van der Waals surface area (Å²) < 4.78 is 11.3. The van der Waals surface area contributed by atoms with Crippen LogP contribution in [0.25, 0.3) is 6.08 Å². The number of nitrogens with zero attached hydrogens (tertiary/aromatic N) is 1. The zero-order chi connectivity index (χ0) is 20.3. The molecule has 28 heavy (non-hydrogen) atoms. The lowest BCUT2D eigenvalue weighted by molar-refractivity contribution is -0.122. The first-order valence-electron chi connectivity index (χ1n) is 8.52. The maximum absolute atomic E-state index is 12.3. The molecule has 1 aliphatic heterocycles. The van der Waals surface area contributed by atoms with Crippen molar-refractivity contribution < 1.29 is 14.3 Å². The monoisotopic (exact) mass is 436 g/mol. The van der Waals surface area contributed by atoms with Gasteiger partial charge in [-0.15, -0.1) is 0 Å². The number of benzene rings is 2. The highest BCUT2D eigenvalue weighted by Crippen LogP contribution is 2.30. The molecule has 0 aromatic heterocycles. The zero-order valence-corrected chi connectivity index (χ0v) is 17.6. The highest BCUT2D eigenvalue weighted by Gasteiger charge is 2.29. The highest BCUT2D eigenvalue weighted by atomic mass is 35.5. The lowest BCUT2D eigenvalue weighted by Gasteiger charge is -2.12. The summed E-state index contributed by atoms with van der Waals surface area (Å²) in [4.78, 5) is 13.8. The summed E-state index contributed by atoms with van der Waals surface area (Å²) in [5, 5.41) is 4.32. The molecule has 2 aromatic carbocycles. The molecule has 0 spiro atoms. The minimum atomic E-state index is -0.147. The molecule has 5 nitrogen and oxygen atoms in total. The Labute approximate surface area is 178 Å². The summed E-state index contributed by atoms with van der Waals surface area (Å²) in [6, 6.07) is 10.8. The topological polar surface area (TPSA) is 50.8 Å². The third-order valence-electron chi connectivity index (χ3n) is 4.16. The van der Waals surface area contributed by atoms with Crippen molar-refractivity contribution in [2.45, 2.75) is 13.5 Å². The van der Waals surface area contributed by atoms with Gasteiger partial charge in [0.1, 0.15) is 12.3 Å². The maximum atomic E-state index is 12.3. The van der Waals surface area contributed by atoms with Crippen LogP contribution in [0.5, 0.6) is 11.5 Å². The summed E-state index contributed by atoms with van der Waals surface area (Å²) in [7, 11) is 1.56. The minimum absolute atomic E-state index is 0.147. The Morgan fingerprint density at radius 1 is 1.14 bits per heavy atom. The van der Waals surface area contributed by atoms with Gasteiger partial charge in [-0.25, -0.2) is 0 Å². The van der Waals surface area contributed by atoms with Gasteiger partial charge in [0.2, 0.25) is 0 Å². The van der Waals surface area contributed by atoms with E-state index in [0.29, 0.717) is 45.5 Å². The van der Waals surface area contributed by atoms with E-state index in [0.717, 1.165) is 11.1 Å². The summed E-state index contributed by atoms with van der Waals surface area (Å²) in [6.45, 7) is 2.71. The van der Waals surface area contributed by atoms with Crippen molar-refractivity contribution >= 4 is 52.5 Å². The Bertz CT molecular complexity index is 962. The number of amides is 1. The van der Waals surface area contributed by atoms with E-state index in [1.165, 1.54) is 4.90 Å². The van der Waals surface area contributed by atoms with E-state index in [-0.39, 0.29) is 5.91 Å². The molecule has 3 rings (SSSR count). The second-order valence-electron chi connectivity index (χ2n) is 5.99. The quantitative estimate of drug-likeness (QED) is 0.527. The highest BCUT2D eigenvalue weighted by molar-refractivity contribution is 7.80. The van der Waals surface area contributed by atoms with Crippen LogP contribution in [0.3, 0.4) is 0 Å². The van der Waals surface area contributed by atoms with Gasteiger partial charge in [0.15, 0.2) is 16.6 Å². The number of hydrogen-bond acceptors (Lipinski definition) is 4. The largest absolute Gasteiger partial charge is 0.493 e. The first-order chi connectivity index (χ1) is 13.4. The number of rotatable bonds is 6. The number of likely N-dealkylation sites (N-methyl/N-ethyl adjacent to an activating group) is 1. The van der Waals surface area contributed by atoms with Gasteiger partial charge in [-0.05, 0) is 60.6 Å². The number of halogens is 2. The lowest BCUT2D eigenvalue weighted by atomic mass is 10.1. The van der Waals surface area contributed by atoms with Gasteiger partial charge in [0.25, 0.3) is 5.91 Å². The fourth-order valence-corrected chi connectivity index (χ4v) is 3.35. The van der Waals surface area contributed by atoms with Crippen LogP contribution >= 0.6 is 35.4 Å². The van der Waals surface area contributed by atoms with Crippen molar-refractivity contribution in [2.24, 2.45) is 0 Å². The molecule has 8 heteroatoms. The maximum Gasteiger partial charge on any atom is 0.276 e. The summed E-state index contributed by atoms with van der Waals surface area (Å²) in [5.74, 6) is 0.980. The molecular formula is C20H18Cl2N2O3S. The first-order valence-corrected chi connectivity index (χ1v) is 9.68. The number of carbonyl (C=O) groups excluding carboxylic acids is 1. The minimum Gasteiger partial charge on any atom is -0.493 e. The summed E-state index contributed by atoms with van der Waals surface area (Å²) in [5.41, 5.74) is 2.10. The van der Waals surface area contributed by atoms with Crippen LogP contribution in [0.15, 0.2) is 42.1 Å². The molecule has 1 saturated heterocycles. The normalized spacial score (nSPS) is 15.1. The van der Waals surface area contributed by atoms with E-state index in [9.17, 15) is 4.79 Å². The van der Waals surface area contributed by atoms with Crippen LogP contribution in [0.4, 0.5) is 0 Å². The van der Waals surface area contributed by atoms with E-state index < -0.39 is 0 Å². The van der Waals surface area contributed by atoms with Crippen LogP contribution in [0, 0.1) is 0 Å². The number of nitrogens with one attached hydrogen (secondary N) is 1. The van der Waals surface area contributed by atoms with Gasteiger partial charge in [0, 0.05) is 6.54 Å². The van der Waals surface area contributed by atoms with Gasteiger partial charge >= 0.3 is 0 Å². The molecule has 0 radical (unpaired) electrons. The first kappa shape index (κ1) is 20.5. The average Bonchev–Trinajstić information content (AvgIpc) is 2.95. The third kappa shape index (κ3) is 4.41. The SMILES string of the molecule is CCN1C(=O)/C(=C/c2ccc(OCc3ccc(Cl)c(Cl)c3)c(OC)c2)NC1=S. The number of carbonyl (C=O) groups is 1. The van der Waals surface area contributed by atoms with Crippen molar-refractivity contribution in [3.05, 3.63) is 63.3 Å². The second kappa shape index (κ2) is 8.82. The molecule has 1 aliphatic rings. The molecule has 0 bridgehead atoms. The van der Waals surface area contributed by atoms with Gasteiger partial charge in [-0.2, -0.15) is 0 Å². The second-order valence-corrected chi connectivity index (χ2v) is 7.19. The fourth-order valence-electron chi connectivity index (χ4n) is 2.71. The third-order valence-corrected chi connectivity index (χ3v) is 5.22. The number of ether oxygens (including phenoxy) is 2. The Morgan fingerprint density at radius 3 is 2.57 bits per heavy atom. The zero-order valence-electron chi connectivity index (χ0n) is 15.3. The van der Waals surface area contributed by atoms with Crippen molar-refractivity contribution in [3.8, 4) is 11.5 Å². The van der Waals surface area contributed by atoms with Crippen molar-refractivity contribution in [1.82, 2.24) is 10.2 Å². The van der Waals surface area contributed by atoms with E-state index in [1.54, 1.807) is 37.5 Å². The van der Waals surface area contributed by atoms with Gasteiger partial charge in [-0.3, -0.25) is 9.69 Å². The molecule has 1 fully saturated rings. The standard InChI is InChI=1S/C20H18Cl2N2O3S/c1-3-24-19(25)16(23-20(24)28)9-12-5-7-17(18(10-12)26-2)27-11-13-4-6-14(21)15(22)8-13/h4-10H,3,11H2,1-2H3,(H,23,28)/b16-9-. The smallest absolute Gasteiger partial charge is 0.276 e. The molecule has 0 atom stereocenters. The molecule has 0 saturated carbocycles. The van der Waals surface area contributed by atoms with Gasteiger partial charge in [0.05, 0.1) is 17.2 Å². The molecule has 1 amide bonds. The number of methoxy groups -OCH3 is 1. The Balaban J connectivity index is 1.77. The Hall–Kier alpha value is -2.28. The van der Waals surface area contributed by atoms with Crippen LogP contribution < -0.4 is 14.8 Å². The molecule has 146 valence electrons. The van der Waals surface area contributed by atoms with Crippen molar-refractivity contribution in [3.63, 3.8) is 0 Å². The van der Waals surface area contributed by atoms with E-state index in [4.69, 9.17) is 44.9 Å². The van der Waals surface area contributed by atoms with Crippen LogP contribution in [-0.2, 0) is 11.4 Å². The lowest BCUT2D eigenvalue weighted by Crippen LogP contribution is -2.30. The van der Waals surface area contributed by atoms with Gasteiger partial charge in [-0.1, -0.05) is 35.3 Å². The average molecular weight is 437 g/mol. The van der Waals surface area contributed by atoms with Crippen molar-refractivity contribution in [2.75, 3.05) is 13.7 Å². The molecule has 1 N–H and O–H groups in total. The molecule has 0 aliphatic carbocycles. The predicted octanol–water partition coefficient (Wildman–Crippen LogP) is 4.66. The van der Waals surface area contributed by atoms with Gasteiger partial charge < -0.3 is 14.8 Å². The molecule has 2 aromatic rings. The molecule has 1 heterocycles.